The third kappa shape index (κ3) is 4.24. The molecule has 0 atom stereocenters. The first-order chi connectivity index (χ1) is 12.7. The number of benzene rings is 2. The fraction of sp³-hybridized carbons (Fsp3) is 0.100. The molecule has 0 radical (unpaired) electrons. The molecule has 1 aromatic heterocycles. The lowest BCUT2D eigenvalue weighted by molar-refractivity contribution is 0.0948. The van der Waals surface area contributed by atoms with E-state index in [9.17, 15) is 10.1 Å². The molecule has 0 spiro atoms. The molecule has 2 aromatic carbocycles. The summed E-state index contributed by atoms with van der Waals surface area (Å²) in [4.78, 5) is 12.3. The topological polar surface area (TPSA) is 78.1 Å². The van der Waals surface area contributed by atoms with Gasteiger partial charge in [0, 0.05) is 12.1 Å². The Labute approximate surface area is 156 Å². The first-order valence-electron chi connectivity index (χ1n) is 7.99. The number of amides is 1. The van der Waals surface area contributed by atoms with Crippen molar-refractivity contribution in [3.05, 3.63) is 88.3 Å². The Morgan fingerprint density at radius 3 is 2.73 bits per heavy atom. The second kappa shape index (κ2) is 8.24. The van der Waals surface area contributed by atoms with Crippen molar-refractivity contribution in [2.75, 3.05) is 5.32 Å². The molecule has 0 aliphatic heterocycles. The zero-order valence-corrected chi connectivity index (χ0v) is 14.6. The van der Waals surface area contributed by atoms with Crippen LogP contribution < -0.4 is 10.6 Å². The molecular formula is C20H16ClN3O2. The standard InChI is InChI=1S/C20H16ClN3O2/c21-18-8-2-6-16(11-22)19(18)23-12-14-4-1-5-15(10-14)20(25)24-13-17-7-3-9-26-17/h1-10,23H,12-13H2,(H,24,25). The number of hydrogen-bond acceptors (Lipinski definition) is 4. The summed E-state index contributed by atoms with van der Waals surface area (Å²) in [5.74, 6) is 0.512. The van der Waals surface area contributed by atoms with Crippen molar-refractivity contribution >= 4 is 23.2 Å². The van der Waals surface area contributed by atoms with Gasteiger partial charge in [-0.05, 0) is 42.0 Å². The zero-order chi connectivity index (χ0) is 18.4. The third-order valence-electron chi connectivity index (χ3n) is 3.80. The lowest BCUT2D eigenvalue weighted by Crippen LogP contribution is -2.22. The van der Waals surface area contributed by atoms with Crippen molar-refractivity contribution in [2.45, 2.75) is 13.1 Å². The lowest BCUT2D eigenvalue weighted by atomic mass is 10.1. The van der Waals surface area contributed by atoms with Gasteiger partial charge in [-0.1, -0.05) is 29.8 Å². The zero-order valence-electron chi connectivity index (χ0n) is 13.8. The van der Waals surface area contributed by atoms with E-state index in [1.807, 2.05) is 12.1 Å². The highest BCUT2D eigenvalue weighted by Gasteiger charge is 2.09. The summed E-state index contributed by atoms with van der Waals surface area (Å²) in [5, 5.41) is 15.6. The highest BCUT2D eigenvalue weighted by Crippen LogP contribution is 2.26. The normalized spacial score (nSPS) is 10.2. The van der Waals surface area contributed by atoms with E-state index in [4.69, 9.17) is 16.0 Å². The minimum Gasteiger partial charge on any atom is -0.467 e. The van der Waals surface area contributed by atoms with Crippen LogP contribution in [-0.2, 0) is 13.1 Å². The number of halogens is 1. The van der Waals surface area contributed by atoms with Gasteiger partial charge in [-0.25, -0.2) is 0 Å². The number of nitrogens with zero attached hydrogens (tertiary/aromatic N) is 1. The van der Waals surface area contributed by atoms with Crippen LogP contribution in [0.15, 0.2) is 65.3 Å². The van der Waals surface area contributed by atoms with E-state index in [1.165, 1.54) is 0 Å². The summed E-state index contributed by atoms with van der Waals surface area (Å²) in [6.07, 6.45) is 1.57. The number of carbonyl (C=O) groups is 1. The van der Waals surface area contributed by atoms with Crippen LogP contribution in [-0.4, -0.2) is 5.91 Å². The van der Waals surface area contributed by atoms with Gasteiger partial charge in [0.15, 0.2) is 0 Å². The summed E-state index contributed by atoms with van der Waals surface area (Å²) in [5.41, 5.74) is 2.52. The third-order valence-corrected chi connectivity index (χ3v) is 4.11. The summed E-state index contributed by atoms with van der Waals surface area (Å²) in [7, 11) is 0. The fourth-order valence-electron chi connectivity index (χ4n) is 2.49. The number of para-hydroxylation sites is 1. The number of furan rings is 1. The molecular weight excluding hydrogens is 350 g/mol. The van der Waals surface area contributed by atoms with Crippen LogP contribution in [0.25, 0.3) is 0 Å². The van der Waals surface area contributed by atoms with Crippen LogP contribution in [0.5, 0.6) is 0 Å². The number of rotatable bonds is 6. The van der Waals surface area contributed by atoms with E-state index in [0.717, 1.165) is 5.56 Å². The first kappa shape index (κ1) is 17.6. The Kier molecular flexibility index (Phi) is 5.57. The quantitative estimate of drug-likeness (QED) is 0.680. The molecule has 0 fully saturated rings. The number of nitrogens with one attached hydrogen (secondary N) is 2. The smallest absolute Gasteiger partial charge is 0.251 e. The van der Waals surface area contributed by atoms with E-state index in [1.54, 1.807) is 48.7 Å². The molecule has 0 aliphatic rings. The Morgan fingerprint density at radius 2 is 1.96 bits per heavy atom. The van der Waals surface area contributed by atoms with Gasteiger partial charge in [-0.15, -0.1) is 0 Å². The minimum absolute atomic E-state index is 0.182. The van der Waals surface area contributed by atoms with Gasteiger partial charge in [-0.3, -0.25) is 4.79 Å². The van der Waals surface area contributed by atoms with Gasteiger partial charge < -0.3 is 15.1 Å². The molecule has 5 nitrogen and oxygen atoms in total. The lowest BCUT2D eigenvalue weighted by Gasteiger charge is -2.11. The summed E-state index contributed by atoms with van der Waals surface area (Å²) in [6, 6.07) is 18.1. The maximum absolute atomic E-state index is 12.3. The fourth-order valence-corrected chi connectivity index (χ4v) is 2.73. The summed E-state index contributed by atoms with van der Waals surface area (Å²) in [6.45, 7) is 0.775. The van der Waals surface area contributed by atoms with Crippen LogP contribution in [0.3, 0.4) is 0 Å². The molecule has 0 aliphatic carbocycles. The molecule has 1 amide bonds. The van der Waals surface area contributed by atoms with Crippen LogP contribution in [0.1, 0.15) is 27.2 Å². The monoisotopic (exact) mass is 365 g/mol. The van der Waals surface area contributed by atoms with Gasteiger partial charge in [0.2, 0.25) is 0 Å². The van der Waals surface area contributed by atoms with E-state index in [2.05, 4.69) is 16.7 Å². The molecule has 3 rings (SSSR count). The molecule has 1 heterocycles. The number of anilines is 1. The minimum atomic E-state index is -0.182. The maximum atomic E-state index is 12.3. The summed E-state index contributed by atoms with van der Waals surface area (Å²) >= 11 is 6.16. The Bertz CT molecular complexity index is 946. The SMILES string of the molecule is N#Cc1cccc(Cl)c1NCc1cccc(C(=O)NCc2ccco2)c1. The highest BCUT2D eigenvalue weighted by atomic mass is 35.5. The maximum Gasteiger partial charge on any atom is 0.251 e. The molecule has 2 N–H and O–H groups in total. The van der Waals surface area contributed by atoms with Crippen molar-refractivity contribution in [3.63, 3.8) is 0 Å². The van der Waals surface area contributed by atoms with Crippen molar-refractivity contribution in [1.29, 1.82) is 5.26 Å². The Balaban J connectivity index is 1.66. The second-order valence-electron chi connectivity index (χ2n) is 5.59. The van der Waals surface area contributed by atoms with Gasteiger partial charge in [0.1, 0.15) is 11.8 Å². The number of carbonyl (C=O) groups excluding carboxylic acids is 1. The average Bonchev–Trinajstić information content (AvgIpc) is 3.18. The van der Waals surface area contributed by atoms with Gasteiger partial charge in [-0.2, -0.15) is 5.26 Å². The predicted molar refractivity (Wildman–Crippen MR) is 99.8 cm³/mol. The summed E-state index contributed by atoms with van der Waals surface area (Å²) < 4.78 is 5.20. The van der Waals surface area contributed by atoms with Crippen molar-refractivity contribution < 1.29 is 9.21 Å². The molecule has 3 aromatic rings. The van der Waals surface area contributed by atoms with E-state index >= 15 is 0 Å². The Morgan fingerprint density at radius 1 is 1.12 bits per heavy atom. The highest BCUT2D eigenvalue weighted by molar-refractivity contribution is 6.33. The number of hydrogen-bond donors (Lipinski definition) is 2. The van der Waals surface area contributed by atoms with Crippen LogP contribution in [0.2, 0.25) is 5.02 Å². The molecule has 0 bridgehead atoms. The van der Waals surface area contributed by atoms with Gasteiger partial charge >= 0.3 is 0 Å². The molecule has 0 saturated heterocycles. The molecule has 0 unspecified atom stereocenters. The van der Waals surface area contributed by atoms with Crippen molar-refractivity contribution in [2.24, 2.45) is 0 Å². The predicted octanol–water partition coefficient (Wildman–Crippen LogP) is 4.35. The molecule has 0 saturated carbocycles. The average molecular weight is 366 g/mol. The molecule has 6 heteroatoms. The van der Waals surface area contributed by atoms with Crippen LogP contribution in [0.4, 0.5) is 5.69 Å². The number of nitriles is 1. The van der Waals surface area contributed by atoms with Crippen molar-refractivity contribution in [3.8, 4) is 6.07 Å². The van der Waals surface area contributed by atoms with E-state index in [0.29, 0.717) is 40.7 Å². The van der Waals surface area contributed by atoms with E-state index < -0.39 is 0 Å². The largest absolute Gasteiger partial charge is 0.467 e. The van der Waals surface area contributed by atoms with E-state index in [-0.39, 0.29) is 5.91 Å². The first-order valence-corrected chi connectivity index (χ1v) is 8.37. The van der Waals surface area contributed by atoms with Gasteiger partial charge in [0.05, 0.1) is 29.1 Å². The van der Waals surface area contributed by atoms with Crippen LogP contribution >= 0.6 is 11.6 Å². The second-order valence-corrected chi connectivity index (χ2v) is 6.00. The van der Waals surface area contributed by atoms with Crippen molar-refractivity contribution in [1.82, 2.24) is 5.32 Å². The molecule has 130 valence electrons. The van der Waals surface area contributed by atoms with Gasteiger partial charge in [0.25, 0.3) is 5.91 Å². The Hall–Kier alpha value is -3.23. The molecule has 26 heavy (non-hydrogen) atoms. The van der Waals surface area contributed by atoms with Crippen LogP contribution in [0, 0.1) is 11.3 Å².